The van der Waals surface area contributed by atoms with E-state index < -0.39 is 0 Å². The van der Waals surface area contributed by atoms with Gasteiger partial charge in [-0.05, 0) is 37.6 Å². The average molecular weight is 386 g/mol. The number of nitrogens with one attached hydrogen (secondary N) is 1. The van der Waals surface area contributed by atoms with Crippen molar-refractivity contribution in [3.8, 4) is 0 Å². The first-order valence-electron chi connectivity index (χ1n) is 10.2. The van der Waals surface area contributed by atoms with Gasteiger partial charge >= 0.3 is 0 Å². The molecule has 0 saturated carbocycles. The van der Waals surface area contributed by atoms with Crippen LogP contribution in [-0.4, -0.2) is 71.6 Å². The van der Waals surface area contributed by atoms with Gasteiger partial charge in [-0.25, -0.2) is 4.98 Å². The largest absolute Gasteiger partial charge is 0.383 e. The Morgan fingerprint density at radius 3 is 2.82 bits per heavy atom. The molecule has 1 N–H and O–H groups in total. The molecule has 0 atom stereocenters. The summed E-state index contributed by atoms with van der Waals surface area (Å²) in [5.41, 5.74) is 1.27. The topological polar surface area (TPSA) is 71.3 Å². The number of hydrogen-bond donors (Lipinski definition) is 1. The van der Waals surface area contributed by atoms with Crippen LogP contribution < -0.4 is 10.2 Å². The third-order valence-electron chi connectivity index (χ3n) is 5.84. The number of pyridine rings is 1. The Kier molecular flexibility index (Phi) is 6.19. The molecule has 2 aromatic rings. The molecule has 2 aliphatic rings. The van der Waals surface area contributed by atoms with Crippen molar-refractivity contribution < 1.29 is 4.74 Å². The summed E-state index contributed by atoms with van der Waals surface area (Å²) in [6.45, 7) is 7.56. The normalized spacial score (nSPS) is 18.2. The second-order valence-electron chi connectivity index (χ2n) is 7.79. The van der Waals surface area contributed by atoms with Gasteiger partial charge in [0.2, 0.25) is 0 Å². The summed E-state index contributed by atoms with van der Waals surface area (Å²) in [5, 5.41) is 12.3. The van der Waals surface area contributed by atoms with Gasteiger partial charge in [-0.2, -0.15) is 0 Å². The molecule has 1 saturated heterocycles. The van der Waals surface area contributed by atoms with Crippen LogP contribution >= 0.6 is 0 Å². The molecule has 0 amide bonds. The number of fused-ring (bicyclic) bond motifs is 1. The maximum absolute atomic E-state index is 5.14. The minimum Gasteiger partial charge on any atom is -0.383 e. The summed E-state index contributed by atoms with van der Waals surface area (Å²) in [4.78, 5) is 9.26. The van der Waals surface area contributed by atoms with Crippen LogP contribution in [0.4, 0.5) is 5.82 Å². The van der Waals surface area contributed by atoms with Gasteiger partial charge in [-0.3, -0.25) is 4.90 Å². The highest BCUT2D eigenvalue weighted by atomic mass is 16.5. The van der Waals surface area contributed by atoms with E-state index in [2.05, 4.69) is 47.0 Å². The van der Waals surface area contributed by atoms with E-state index in [1.54, 1.807) is 7.11 Å². The van der Waals surface area contributed by atoms with Crippen LogP contribution in [-0.2, 0) is 24.4 Å². The van der Waals surface area contributed by atoms with Crippen LogP contribution in [0.25, 0.3) is 0 Å². The number of ether oxygens (including phenoxy) is 1. The molecule has 4 rings (SSSR count). The van der Waals surface area contributed by atoms with Crippen LogP contribution in [0.15, 0.2) is 18.3 Å². The Labute approximate surface area is 166 Å². The molecule has 4 heterocycles. The fraction of sp³-hybridized carbons (Fsp3) is 0.650. The Morgan fingerprint density at radius 2 is 2.07 bits per heavy atom. The van der Waals surface area contributed by atoms with E-state index in [0.29, 0.717) is 12.5 Å². The summed E-state index contributed by atoms with van der Waals surface area (Å²) in [7, 11) is 3.77. The zero-order valence-corrected chi connectivity index (χ0v) is 17.0. The van der Waals surface area contributed by atoms with E-state index >= 15 is 0 Å². The van der Waals surface area contributed by atoms with E-state index in [9.17, 15) is 0 Å². The number of methoxy groups -OCH3 is 1. The van der Waals surface area contributed by atoms with Crippen LogP contribution in [0.3, 0.4) is 0 Å². The molecule has 152 valence electrons. The average Bonchev–Trinajstić information content (AvgIpc) is 3.17. The Morgan fingerprint density at radius 1 is 1.21 bits per heavy atom. The molecule has 0 spiro atoms. The van der Waals surface area contributed by atoms with Gasteiger partial charge in [0.05, 0.1) is 13.2 Å². The minimum absolute atomic E-state index is 0.533. The van der Waals surface area contributed by atoms with Gasteiger partial charge in [0.1, 0.15) is 17.5 Å². The number of piperidine rings is 1. The fourth-order valence-electron chi connectivity index (χ4n) is 4.10. The fourth-order valence-corrected chi connectivity index (χ4v) is 4.10. The summed E-state index contributed by atoms with van der Waals surface area (Å²) < 4.78 is 7.47. The van der Waals surface area contributed by atoms with Crippen molar-refractivity contribution in [3.63, 3.8) is 0 Å². The van der Waals surface area contributed by atoms with Crippen LogP contribution in [0.1, 0.15) is 36.0 Å². The summed E-state index contributed by atoms with van der Waals surface area (Å²) in [5.74, 6) is 3.81. The lowest BCUT2D eigenvalue weighted by atomic mass is 9.95. The zero-order valence-electron chi connectivity index (χ0n) is 17.0. The quantitative estimate of drug-likeness (QED) is 0.769. The molecule has 2 aliphatic heterocycles. The molecule has 0 aromatic carbocycles. The third kappa shape index (κ3) is 4.34. The lowest BCUT2D eigenvalue weighted by molar-refractivity contribution is 0.199. The monoisotopic (exact) mass is 385 g/mol. The SMILES string of the molecule is COCCN(C)c1ccc(CN2CCC(c3nnc4n3CCNC4)CC2)cn1. The molecule has 0 unspecified atom stereocenters. The van der Waals surface area contributed by atoms with Gasteiger partial charge in [0.15, 0.2) is 0 Å². The molecule has 0 bridgehead atoms. The lowest BCUT2D eigenvalue weighted by Gasteiger charge is -2.32. The first-order valence-corrected chi connectivity index (χ1v) is 10.2. The first kappa shape index (κ1) is 19.3. The van der Waals surface area contributed by atoms with Crippen molar-refractivity contribution in [2.24, 2.45) is 0 Å². The maximum Gasteiger partial charge on any atom is 0.147 e. The molecule has 8 heteroatoms. The van der Waals surface area contributed by atoms with Crippen LogP contribution in [0, 0.1) is 0 Å². The summed E-state index contributed by atoms with van der Waals surface area (Å²) in [6, 6.07) is 4.30. The predicted molar refractivity (Wildman–Crippen MR) is 108 cm³/mol. The first-order chi connectivity index (χ1) is 13.7. The lowest BCUT2D eigenvalue weighted by Crippen LogP contribution is -2.34. The number of likely N-dealkylation sites (tertiary alicyclic amines) is 1. The predicted octanol–water partition coefficient (Wildman–Crippen LogP) is 1.24. The molecule has 2 aromatic heterocycles. The highest BCUT2D eigenvalue weighted by Gasteiger charge is 2.27. The second-order valence-corrected chi connectivity index (χ2v) is 7.79. The Hall–Kier alpha value is -2.03. The minimum atomic E-state index is 0.533. The van der Waals surface area contributed by atoms with Crippen molar-refractivity contribution >= 4 is 5.82 Å². The maximum atomic E-state index is 5.14. The van der Waals surface area contributed by atoms with E-state index in [0.717, 1.165) is 70.3 Å². The second kappa shape index (κ2) is 8.98. The molecule has 0 radical (unpaired) electrons. The molecule has 8 nitrogen and oxygen atoms in total. The van der Waals surface area contributed by atoms with Gasteiger partial charge in [0, 0.05) is 52.5 Å². The third-order valence-corrected chi connectivity index (χ3v) is 5.84. The number of hydrogen-bond acceptors (Lipinski definition) is 7. The van der Waals surface area contributed by atoms with Gasteiger partial charge in [-0.1, -0.05) is 6.07 Å². The number of aromatic nitrogens is 4. The van der Waals surface area contributed by atoms with Gasteiger partial charge in [0.25, 0.3) is 0 Å². The van der Waals surface area contributed by atoms with Crippen molar-refractivity contribution in [3.05, 3.63) is 35.5 Å². The molecule has 0 aliphatic carbocycles. The molecule has 28 heavy (non-hydrogen) atoms. The molecule has 1 fully saturated rings. The standard InChI is InChI=1S/C20H31N7O/c1-25(11-12-28-2)18-4-3-16(13-22-18)15-26-8-5-17(6-9-26)20-24-23-19-14-21-7-10-27(19)20/h3-4,13,17,21H,5-12,14-15H2,1-2H3. The summed E-state index contributed by atoms with van der Waals surface area (Å²) >= 11 is 0. The van der Waals surface area contributed by atoms with Gasteiger partial charge < -0.3 is 19.5 Å². The Balaban J connectivity index is 1.29. The smallest absolute Gasteiger partial charge is 0.147 e. The number of nitrogens with zero attached hydrogens (tertiary/aromatic N) is 6. The van der Waals surface area contributed by atoms with E-state index in [1.807, 2.05) is 13.2 Å². The highest BCUT2D eigenvalue weighted by molar-refractivity contribution is 5.38. The van der Waals surface area contributed by atoms with Crippen molar-refractivity contribution in [1.29, 1.82) is 0 Å². The van der Waals surface area contributed by atoms with E-state index in [-0.39, 0.29) is 0 Å². The van der Waals surface area contributed by atoms with Crippen molar-refractivity contribution in [2.75, 3.05) is 51.8 Å². The van der Waals surface area contributed by atoms with E-state index in [1.165, 1.54) is 11.4 Å². The van der Waals surface area contributed by atoms with Crippen LogP contribution in [0.5, 0.6) is 0 Å². The molecular weight excluding hydrogens is 354 g/mol. The highest BCUT2D eigenvalue weighted by Crippen LogP contribution is 2.28. The number of anilines is 1. The summed E-state index contributed by atoms with van der Waals surface area (Å²) in [6.07, 6.45) is 4.31. The van der Waals surface area contributed by atoms with Gasteiger partial charge in [-0.15, -0.1) is 10.2 Å². The van der Waals surface area contributed by atoms with Crippen LogP contribution in [0.2, 0.25) is 0 Å². The number of rotatable bonds is 7. The zero-order chi connectivity index (χ0) is 19.3. The van der Waals surface area contributed by atoms with E-state index in [4.69, 9.17) is 4.74 Å². The van der Waals surface area contributed by atoms with Crippen molar-refractivity contribution in [2.45, 2.75) is 38.4 Å². The Bertz CT molecular complexity index is 752. The number of likely N-dealkylation sites (N-methyl/N-ethyl adjacent to an activating group) is 1. The van der Waals surface area contributed by atoms with Crippen molar-refractivity contribution in [1.82, 2.24) is 30.0 Å². The molecular formula is C20H31N7O.